The van der Waals surface area contributed by atoms with Crippen LogP contribution in [0.15, 0.2) is 24.5 Å². The van der Waals surface area contributed by atoms with Crippen LogP contribution in [0.4, 0.5) is 0 Å². The number of nitrogens with zero attached hydrogens (tertiary/aromatic N) is 3. The van der Waals surface area contributed by atoms with Gasteiger partial charge in [-0.05, 0) is 23.8 Å². The SMILES string of the molecule is CNC(=S)N1CCN(Cc2cccnc2)CC1. The molecule has 0 unspecified atom stereocenters. The first-order chi connectivity index (χ1) is 8.29. The molecule has 17 heavy (non-hydrogen) atoms. The summed E-state index contributed by atoms with van der Waals surface area (Å²) in [5.74, 6) is 0. The van der Waals surface area contributed by atoms with Crippen LogP contribution in [0.1, 0.15) is 5.56 Å². The Morgan fingerprint density at radius 1 is 1.41 bits per heavy atom. The van der Waals surface area contributed by atoms with E-state index in [-0.39, 0.29) is 0 Å². The molecule has 2 rings (SSSR count). The average molecular weight is 250 g/mol. The molecule has 5 heteroatoms. The Morgan fingerprint density at radius 2 is 2.18 bits per heavy atom. The molecular formula is C12H18N4S. The summed E-state index contributed by atoms with van der Waals surface area (Å²) in [6, 6.07) is 4.11. The lowest BCUT2D eigenvalue weighted by molar-refractivity contribution is 0.175. The van der Waals surface area contributed by atoms with E-state index in [4.69, 9.17) is 12.2 Å². The first-order valence-corrected chi connectivity index (χ1v) is 6.28. The van der Waals surface area contributed by atoms with E-state index in [1.165, 1.54) is 5.56 Å². The molecule has 0 saturated carbocycles. The Morgan fingerprint density at radius 3 is 2.76 bits per heavy atom. The second-order valence-electron chi connectivity index (χ2n) is 4.18. The van der Waals surface area contributed by atoms with Gasteiger partial charge in [0, 0.05) is 52.2 Å². The van der Waals surface area contributed by atoms with Gasteiger partial charge in [-0.1, -0.05) is 6.07 Å². The minimum absolute atomic E-state index is 0.853. The molecule has 1 saturated heterocycles. The van der Waals surface area contributed by atoms with Crippen LogP contribution in [0.2, 0.25) is 0 Å². The van der Waals surface area contributed by atoms with Crippen molar-refractivity contribution in [1.82, 2.24) is 20.1 Å². The van der Waals surface area contributed by atoms with Gasteiger partial charge in [-0.2, -0.15) is 0 Å². The molecule has 1 N–H and O–H groups in total. The maximum atomic E-state index is 5.23. The van der Waals surface area contributed by atoms with Crippen LogP contribution in [0.5, 0.6) is 0 Å². The smallest absolute Gasteiger partial charge is 0.168 e. The fraction of sp³-hybridized carbons (Fsp3) is 0.500. The third-order valence-electron chi connectivity index (χ3n) is 3.00. The van der Waals surface area contributed by atoms with Crippen LogP contribution >= 0.6 is 12.2 Å². The van der Waals surface area contributed by atoms with Crippen molar-refractivity contribution in [2.24, 2.45) is 0 Å². The Kier molecular flexibility index (Phi) is 4.28. The molecule has 0 bridgehead atoms. The second-order valence-corrected chi connectivity index (χ2v) is 4.57. The van der Waals surface area contributed by atoms with Crippen molar-refractivity contribution in [3.63, 3.8) is 0 Å². The van der Waals surface area contributed by atoms with E-state index in [1.54, 1.807) is 0 Å². The van der Waals surface area contributed by atoms with Crippen molar-refractivity contribution in [3.8, 4) is 0 Å². The largest absolute Gasteiger partial charge is 0.366 e. The van der Waals surface area contributed by atoms with E-state index in [2.05, 4.69) is 26.2 Å². The van der Waals surface area contributed by atoms with Crippen molar-refractivity contribution >= 4 is 17.3 Å². The van der Waals surface area contributed by atoms with Gasteiger partial charge in [0.1, 0.15) is 0 Å². The van der Waals surface area contributed by atoms with Gasteiger partial charge in [-0.25, -0.2) is 0 Å². The lowest BCUT2D eigenvalue weighted by atomic mass is 10.2. The Hall–Kier alpha value is -1.20. The molecule has 1 aromatic heterocycles. The molecule has 1 aliphatic heterocycles. The third-order valence-corrected chi connectivity index (χ3v) is 3.46. The summed E-state index contributed by atoms with van der Waals surface area (Å²) in [5.41, 5.74) is 1.28. The highest BCUT2D eigenvalue weighted by atomic mass is 32.1. The summed E-state index contributed by atoms with van der Waals surface area (Å²) in [6.07, 6.45) is 3.75. The molecule has 0 spiro atoms. The topological polar surface area (TPSA) is 31.4 Å². The molecule has 1 aliphatic rings. The highest BCUT2D eigenvalue weighted by molar-refractivity contribution is 7.80. The van der Waals surface area contributed by atoms with Crippen molar-refractivity contribution in [2.75, 3.05) is 33.2 Å². The standard InChI is InChI=1S/C12H18N4S/c1-13-12(17)16-7-5-15(6-8-16)10-11-3-2-4-14-9-11/h2-4,9H,5-8,10H2,1H3,(H,13,17). The number of piperazine rings is 1. The molecule has 0 aliphatic carbocycles. The van der Waals surface area contributed by atoms with Crippen molar-refractivity contribution in [3.05, 3.63) is 30.1 Å². The van der Waals surface area contributed by atoms with Crippen LogP contribution < -0.4 is 5.32 Å². The van der Waals surface area contributed by atoms with Crippen LogP contribution in [0.25, 0.3) is 0 Å². The zero-order valence-electron chi connectivity index (χ0n) is 10.1. The average Bonchev–Trinajstić information content (AvgIpc) is 2.40. The Balaban J connectivity index is 1.82. The predicted molar refractivity (Wildman–Crippen MR) is 72.7 cm³/mol. The van der Waals surface area contributed by atoms with Crippen LogP contribution in [0, 0.1) is 0 Å². The molecule has 0 radical (unpaired) electrons. The van der Waals surface area contributed by atoms with E-state index in [0.29, 0.717) is 0 Å². The predicted octanol–water partition coefficient (Wildman–Crippen LogP) is 0.703. The zero-order valence-corrected chi connectivity index (χ0v) is 10.9. The van der Waals surface area contributed by atoms with Crippen LogP contribution in [-0.2, 0) is 6.54 Å². The summed E-state index contributed by atoms with van der Waals surface area (Å²) < 4.78 is 0. The first-order valence-electron chi connectivity index (χ1n) is 5.87. The molecule has 0 aromatic carbocycles. The number of aromatic nitrogens is 1. The van der Waals surface area contributed by atoms with Gasteiger partial charge in [-0.15, -0.1) is 0 Å². The van der Waals surface area contributed by atoms with Gasteiger partial charge in [0.05, 0.1) is 0 Å². The van der Waals surface area contributed by atoms with Gasteiger partial charge in [0.25, 0.3) is 0 Å². The summed E-state index contributed by atoms with van der Waals surface area (Å²) >= 11 is 5.23. The number of hydrogen-bond donors (Lipinski definition) is 1. The molecule has 92 valence electrons. The van der Waals surface area contributed by atoms with Crippen LogP contribution in [0.3, 0.4) is 0 Å². The normalized spacial score (nSPS) is 16.9. The maximum Gasteiger partial charge on any atom is 0.168 e. The van der Waals surface area contributed by atoms with E-state index >= 15 is 0 Å². The van der Waals surface area contributed by atoms with E-state index < -0.39 is 0 Å². The fourth-order valence-corrected chi connectivity index (χ4v) is 2.20. The Bertz CT molecular complexity index is 360. The number of rotatable bonds is 2. The van der Waals surface area contributed by atoms with Crippen molar-refractivity contribution in [1.29, 1.82) is 0 Å². The second kappa shape index (κ2) is 5.93. The van der Waals surface area contributed by atoms with Crippen molar-refractivity contribution in [2.45, 2.75) is 6.54 Å². The minimum atomic E-state index is 0.853. The monoisotopic (exact) mass is 250 g/mol. The van der Waals surface area contributed by atoms with Crippen molar-refractivity contribution < 1.29 is 0 Å². The summed E-state index contributed by atoms with van der Waals surface area (Å²) in [4.78, 5) is 8.79. The molecule has 0 atom stereocenters. The van der Waals surface area contributed by atoms with E-state index in [0.717, 1.165) is 37.8 Å². The van der Waals surface area contributed by atoms with Crippen LogP contribution in [-0.4, -0.2) is 53.1 Å². The van der Waals surface area contributed by atoms with Gasteiger partial charge in [0.2, 0.25) is 0 Å². The molecule has 1 fully saturated rings. The number of hydrogen-bond acceptors (Lipinski definition) is 3. The van der Waals surface area contributed by atoms with Gasteiger partial charge in [0.15, 0.2) is 5.11 Å². The van der Waals surface area contributed by atoms with E-state index in [9.17, 15) is 0 Å². The summed E-state index contributed by atoms with van der Waals surface area (Å²) in [5, 5.41) is 3.88. The lowest BCUT2D eigenvalue weighted by Gasteiger charge is -2.35. The lowest BCUT2D eigenvalue weighted by Crippen LogP contribution is -2.50. The minimum Gasteiger partial charge on any atom is -0.366 e. The molecular weight excluding hydrogens is 232 g/mol. The molecule has 1 aromatic rings. The van der Waals surface area contributed by atoms with Gasteiger partial charge >= 0.3 is 0 Å². The molecule has 4 nitrogen and oxygen atoms in total. The first kappa shape index (κ1) is 12.3. The molecule has 2 heterocycles. The maximum absolute atomic E-state index is 5.23. The summed E-state index contributed by atoms with van der Waals surface area (Å²) in [6.45, 7) is 5.08. The highest BCUT2D eigenvalue weighted by Crippen LogP contribution is 2.07. The number of thiocarbonyl (C=S) groups is 1. The molecule has 0 amide bonds. The quantitative estimate of drug-likeness (QED) is 0.781. The van der Waals surface area contributed by atoms with Gasteiger partial charge < -0.3 is 10.2 Å². The van der Waals surface area contributed by atoms with E-state index in [1.807, 2.05) is 25.5 Å². The number of pyridine rings is 1. The Labute approximate surface area is 108 Å². The fourth-order valence-electron chi connectivity index (χ4n) is 2.02. The summed E-state index contributed by atoms with van der Waals surface area (Å²) in [7, 11) is 1.88. The van der Waals surface area contributed by atoms with Gasteiger partial charge in [-0.3, -0.25) is 9.88 Å². The third kappa shape index (κ3) is 3.38. The zero-order chi connectivity index (χ0) is 12.1. The number of nitrogens with one attached hydrogen (secondary N) is 1. The highest BCUT2D eigenvalue weighted by Gasteiger charge is 2.17.